The van der Waals surface area contributed by atoms with Crippen molar-refractivity contribution in [3.05, 3.63) is 23.9 Å². The summed E-state index contributed by atoms with van der Waals surface area (Å²) in [7, 11) is 0. The molecule has 0 aromatic heterocycles. The van der Waals surface area contributed by atoms with Crippen molar-refractivity contribution < 1.29 is 4.79 Å². The van der Waals surface area contributed by atoms with Gasteiger partial charge in [-0.1, -0.05) is 0 Å². The molecule has 0 unspecified atom stereocenters. The number of nitrogens with zero attached hydrogens (tertiary/aromatic N) is 3. The van der Waals surface area contributed by atoms with Crippen molar-refractivity contribution in [1.29, 1.82) is 0 Å². The van der Waals surface area contributed by atoms with Crippen LogP contribution in [-0.4, -0.2) is 11.5 Å². The molecule has 2 rings (SSSR count). The zero-order valence-corrected chi connectivity index (χ0v) is 4.98. The van der Waals surface area contributed by atoms with Crippen LogP contribution in [-0.2, 0) is 4.79 Å². The molecule has 0 N–H and O–H groups in total. The summed E-state index contributed by atoms with van der Waals surface area (Å²) in [4.78, 5) is 10.7. The smallest absolute Gasteiger partial charge is 0.181 e. The van der Waals surface area contributed by atoms with Crippen LogP contribution in [0.4, 0.5) is 0 Å². The Morgan fingerprint density at radius 3 is 3.10 bits per heavy atom. The first-order valence-electron chi connectivity index (χ1n) is 2.79. The normalized spacial score (nSPS) is 20.6. The van der Waals surface area contributed by atoms with Crippen molar-refractivity contribution in [2.24, 2.45) is 15.4 Å². The summed E-state index contributed by atoms with van der Waals surface area (Å²) < 4.78 is 0. The molecule has 4 heteroatoms. The topological polar surface area (TPSA) is 54.1 Å². The summed E-state index contributed by atoms with van der Waals surface area (Å²) in [5, 5.41) is 10.7. The number of hydrogen-bond acceptors (Lipinski definition) is 4. The van der Waals surface area contributed by atoms with Gasteiger partial charge in [0.1, 0.15) is 11.4 Å². The van der Waals surface area contributed by atoms with Gasteiger partial charge in [0.25, 0.3) is 0 Å². The van der Waals surface area contributed by atoms with Gasteiger partial charge in [0.05, 0.1) is 0 Å². The first-order valence-corrected chi connectivity index (χ1v) is 2.79. The quantitative estimate of drug-likeness (QED) is 0.451. The zero-order valence-electron chi connectivity index (χ0n) is 4.98. The molecule has 1 aliphatic heterocycles. The summed E-state index contributed by atoms with van der Waals surface area (Å²) in [5.74, 6) is -0.0604. The average molecular weight is 133 g/mol. The third-order valence-corrected chi connectivity index (χ3v) is 1.25. The predicted molar refractivity (Wildman–Crippen MR) is 34.5 cm³/mol. The van der Waals surface area contributed by atoms with Crippen LogP contribution in [0.25, 0.3) is 0 Å². The largest absolute Gasteiger partial charge is 0.290 e. The summed E-state index contributed by atoms with van der Waals surface area (Å²) in [6, 6.07) is 0. The first-order chi connectivity index (χ1) is 4.86. The lowest BCUT2D eigenvalue weighted by Crippen LogP contribution is -2.02. The van der Waals surface area contributed by atoms with E-state index < -0.39 is 0 Å². The molecule has 0 bridgehead atoms. The lowest BCUT2D eigenvalue weighted by Gasteiger charge is -1.95. The molecular formula is C6H3N3O. The van der Waals surface area contributed by atoms with Crippen molar-refractivity contribution in [2.45, 2.75) is 0 Å². The standard InChI is InChI=1S/C6H3N3O/c10-4-1-2-5-6(3-4)8-9-7-5/h1-3H. The summed E-state index contributed by atoms with van der Waals surface area (Å²) in [6.45, 7) is 0. The molecule has 1 aliphatic carbocycles. The van der Waals surface area contributed by atoms with Gasteiger partial charge in [-0.05, 0) is 17.4 Å². The van der Waals surface area contributed by atoms with Crippen molar-refractivity contribution >= 4 is 11.5 Å². The fourth-order valence-corrected chi connectivity index (χ4v) is 0.787. The monoisotopic (exact) mass is 133 g/mol. The third-order valence-electron chi connectivity index (χ3n) is 1.25. The SMILES string of the molecule is O=C1C=CC2=NN=NC2=C1. The minimum atomic E-state index is -0.0604. The van der Waals surface area contributed by atoms with Crippen molar-refractivity contribution in [3.8, 4) is 0 Å². The second-order valence-corrected chi connectivity index (χ2v) is 1.94. The molecule has 0 saturated heterocycles. The van der Waals surface area contributed by atoms with Crippen LogP contribution in [0.15, 0.2) is 39.4 Å². The Morgan fingerprint density at radius 2 is 2.20 bits per heavy atom. The third kappa shape index (κ3) is 0.621. The molecule has 0 atom stereocenters. The molecule has 2 aliphatic rings. The maximum atomic E-state index is 10.7. The van der Waals surface area contributed by atoms with E-state index in [1.165, 1.54) is 12.2 Å². The maximum Gasteiger partial charge on any atom is 0.181 e. The molecule has 0 fully saturated rings. The van der Waals surface area contributed by atoms with E-state index in [-0.39, 0.29) is 5.78 Å². The van der Waals surface area contributed by atoms with E-state index in [4.69, 9.17) is 0 Å². The molecular weight excluding hydrogens is 130 g/mol. The molecule has 48 valence electrons. The van der Waals surface area contributed by atoms with Crippen LogP contribution < -0.4 is 0 Å². The highest BCUT2D eigenvalue weighted by atomic mass is 16.1. The molecule has 4 nitrogen and oxygen atoms in total. The van der Waals surface area contributed by atoms with E-state index in [0.29, 0.717) is 11.4 Å². The minimum absolute atomic E-state index is 0.0604. The fraction of sp³-hybridized carbons (Fsp3) is 0. The van der Waals surface area contributed by atoms with Gasteiger partial charge in [-0.3, -0.25) is 4.79 Å². The van der Waals surface area contributed by atoms with Gasteiger partial charge in [-0.15, -0.1) is 10.2 Å². The molecule has 1 heterocycles. The van der Waals surface area contributed by atoms with Crippen LogP contribution in [0.5, 0.6) is 0 Å². The Labute approximate surface area is 56.6 Å². The molecule has 0 spiro atoms. The Hall–Kier alpha value is -1.58. The number of ketones is 1. The highest BCUT2D eigenvalue weighted by Crippen LogP contribution is 2.14. The fourth-order valence-electron chi connectivity index (χ4n) is 0.787. The molecule has 10 heavy (non-hydrogen) atoms. The molecule has 0 aromatic carbocycles. The molecule has 0 saturated carbocycles. The summed E-state index contributed by atoms with van der Waals surface area (Å²) in [5.41, 5.74) is 1.23. The first kappa shape index (κ1) is 5.22. The van der Waals surface area contributed by atoms with Gasteiger partial charge in [-0.2, -0.15) is 0 Å². The van der Waals surface area contributed by atoms with Crippen LogP contribution >= 0.6 is 0 Å². The Kier molecular flexibility index (Phi) is 0.887. The maximum absolute atomic E-state index is 10.7. The van der Waals surface area contributed by atoms with E-state index >= 15 is 0 Å². The number of allylic oxidation sites excluding steroid dienone is 3. The summed E-state index contributed by atoms with van der Waals surface area (Å²) >= 11 is 0. The zero-order chi connectivity index (χ0) is 6.97. The Morgan fingerprint density at radius 1 is 1.30 bits per heavy atom. The van der Waals surface area contributed by atoms with Crippen molar-refractivity contribution in [1.82, 2.24) is 0 Å². The van der Waals surface area contributed by atoms with Gasteiger partial charge in [0, 0.05) is 6.08 Å². The van der Waals surface area contributed by atoms with Gasteiger partial charge in [0.2, 0.25) is 0 Å². The van der Waals surface area contributed by atoms with E-state index in [9.17, 15) is 4.79 Å². The van der Waals surface area contributed by atoms with Gasteiger partial charge < -0.3 is 0 Å². The van der Waals surface area contributed by atoms with Crippen molar-refractivity contribution in [2.75, 3.05) is 0 Å². The van der Waals surface area contributed by atoms with Gasteiger partial charge >= 0.3 is 0 Å². The van der Waals surface area contributed by atoms with Crippen LogP contribution in [0.2, 0.25) is 0 Å². The second-order valence-electron chi connectivity index (χ2n) is 1.94. The highest BCUT2D eigenvalue weighted by molar-refractivity contribution is 6.19. The second kappa shape index (κ2) is 1.70. The Bertz CT molecular complexity index is 309. The van der Waals surface area contributed by atoms with Crippen LogP contribution in [0.3, 0.4) is 0 Å². The van der Waals surface area contributed by atoms with E-state index in [1.807, 2.05) is 0 Å². The number of carbonyl (C=O) groups is 1. The van der Waals surface area contributed by atoms with Crippen LogP contribution in [0, 0.1) is 0 Å². The van der Waals surface area contributed by atoms with E-state index in [1.54, 1.807) is 6.08 Å². The molecule has 0 aromatic rings. The molecule has 0 amide bonds. The van der Waals surface area contributed by atoms with Gasteiger partial charge in [-0.25, -0.2) is 0 Å². The molecule has 0 radical (unpaired) electrons. The number of fused-ring (bicyclic) bond motifs is 1. The van der Waals surface area contributed by atoms with E-state index in [0.717, 1.165) is 0 Å². The lowest BCUT2D eigenvalue weighted by atomic mass is 10.1. The number of carbonyl (C=O) groups excluding carboxylic acids is 1. The minimum Gasteiger partial charge on any atom is -0.290 e. The average Bonchev–Trinajstić information content (AvgIpc) is 2.33. The number of rotatable bonds is 0. The van der Waals surface area contributed by atoms with Gasteiger partial charge in [0.15, 0.2) is 5.78 Å². The van der Waals surface area contributed by atoms with E-state index in [2.05, 4.69) is 15.4 Å². The van der Waals surface area contributed by atoms with Crippen LogP contribution in [0.1, 0.15) is 0 Å². The Balaban J connectivity index is 2.51. The summed E-state index contributed by atoms with van der Waals surface area (Å²) in [6.07, 6.45) is 4.46. The predicted octanol–water partition coefficient (Wildman–Crippen LogP) is 0.831. The van der Waals surface area contributed by atoms with Crippen molar-refractivity contribution in [3.63, 3.8) is 0 Å². The number of hydrogen-bond donors (Lipinski definition) is 0. The lowest BCUT2D eigenvalue weighted by molar-refractivity contribution is -0.110. The highest BCUT2D eigenvalue weighted by Gasteiger charge is 2.13.